The Morgan fingerprint density at radius 3 is 1.29 bits per heavy atom. The number of hydrogen-bond donors (Lipinski definition) is 6. The third-order valence-corrected chi connectivity index (χ3v) is 22.7. The van der Waals surface area contributed by atoms with Gasteiger partial charge >= 0.3 is 0 Å². The zero-order valence-electron chi connectivity index (χ0n) is 84.1. The molecule has 0 amide bonds. The van der Waals surface area contributed by atoms with Crippen molar-refractivity contribution in [2.75, 3.05) is 50.9 Å². The van der Waals surface area contributed by atoms with E-state index in [1.165, 1.54) is 113 Å². The molecule has 0 atom stereocenters. The van der Waals surface area contributed by atoms with E-state index in [-0.39, 0.29) is 72.0 Å². The summed E-state index contributed by atoms with van der Waals surface area (Å²) in [6, 6.07) is 46.8. The van der Waals surface area contributed by atoms with E-state index in [0.717, 1.165) is 49.4 Å². The number of nitrogens with zero attached hydrogens (tertiary/aromatic N) is 24. The molecule has 37 nitrogen and oxygen atoms in total. The Balaban J connectivity index is 0.000000163. The highest BCUT2D eigenvalue weighted by Crippen LogP contribution is 2.36. The quantitative estimate of drug-likeness (QED) is 0.0122. The minimum atomic E-state index is -0.299. The summed E-state index contributed by atoms with van der Waals surface area (Å²) < 4.78 is 96.3. The Morgan fingerprint density at radius 2 is 0.864 bits per heavy atom. The molecule has 0 unspecified atom stereocenters. The number of rotatable bonds is 35. The van der Waals surface area contributed by atoms with Gasteiger partial charge in [-0.2, -0.15) is 54.8 Å². The Hall–Kier alpha value is -14.3. The Labute approximate surface area is 880 Å². The van der Waals surface area contributed by atoms with Crippen LogP contribution in [0.2, 0.25) is 10.3 Å². The van der Waals surface area contributed by atoms with Gasteiger partial charge in [0.1, 0.15) is 73.7 Å². The van der Waals surface area contributed by atoms with Crippen LogP contribution in [0.25, 0.3) is 17.2 Å². The number of ether oxygens (including phenoxy) is 7. The molecule has 0 saturated heterocycles. The van der Waals surface area contributed by atoms with Gasteiger partial charge in [-0.05, 0) is 266 Å². The standard InChI is InChI=1S/C18H23FN4O.C16H16FN5O.C16H21FN4O.C16H15N3OS2.C15H19FN4O.C9H11ClN6OS.C9H9ClN4OS2/c1-12(2)24-17-11-16(20-14-5-3-4-6-14)22-18(23-17)21-15-9-7-13(19)8-10-15;1-11(2)23-15-9-14(22-8-7-18-10-22)20-16(21-15)19-13-5-3-12(17)4-6-13;1-10(2)18-14-9-15(22-11(3)4)21-16(20-14)19-13-7-5-12(17)6-8-13;1-11(2)20-13-10-14(22-16-17-8-9-21-16)19-15(18-13)12-6-4-3-5-7-12;1-10(2)21-14-9-13(20(3)4)18-15(19-14)17-12-7-5-11(16)6-8-12;1-5(2)17-7-4-6(10)11-8(12-7)18-9-13-14-15-16(9)3;1-5(2)15-7-3-6(10)12-8(13-7)17-9-14-11-4-16-9/h7-12,14H,3-6H2,1-2H3,(H2,20,21,22,23);3-11H,1-2H3,(H,19,20,21);5-11H,1-4H3,(H2,18,19,20,21);3-11H,1-2H3;5-10H,1-4H3,(H,17,18,19);4-5H,1-3H3;3-5H,1-2H3. The lowest BCUT2D eigenvalue weighted by Gasteiger charge is -2.16. The van der Waals surface area contributed by atoms with Crippen molar-refractivity contribution in [1.82, 2.24) is 115 Å². The predicted molar refractivity (Wildman–Crippen MR) is 568 cm³/mol. The number of hydrogen-bond acceptors (Lipinski definition) is 40. The molecule has 1 aliphatic rings. The summed E-state index contributed by atoms with van der Waals surface area (Å²) in [5, 5.41) is 42.6. The summed E-state index contributed by atoms with van der Waals surface area (Å²) in [6.07, 6.45) is 11.9. The normalized spacial score (nSPS) is 11.5. The summed E-state index contributed by atoms with van der Waals surface area (Å²) >= 11 is 18.9. The van der Waals surface area contributed by atoms with Crippen molar-refractivity contribution < 1.29 is 50.7 Å². The number of benzene rings is 5. The van der Waals surface area contributed by atoms with Gasteiger partial charge in [0.05, 0.1) is 42.7 Å². The average Bonchev–Trinajstić information content (AvgIpc) is 1.71. The molecular formula is C99H114Cl2F4N30O7S5. The average molecular weight is 2140 g/mol. The van der Waals surface area contributed by atoms with Crippen LogP contribution in [0, 0.1) is 23.3 Å². The molecule has 16 aromatic rings. The lowest BCUT2D eigenvalue weighted by molar-refractivity contribution is 0.230. The minimum absolute atomic E-state index is 0.0143. The van der Waals surface area contributed by atoms with E-state index in [1.54, 1.807) is 132 Å². The van der Waals surface area contributed by atoms with Crippen molar-refractivity contribution in [2.24, 2.45) is 7.05 Å². The smallest absolute Gasteiger partial charge is 0.232 e. The topological polar surface area (TPSA) is 421 Å². The molecule has 0 aliphatic heterocycles. The summed E-state index contributed by atoms with van der Waals surface area (Å²) in [6.45, 7) is 31.2. The van der Waals surface area contributed by atoms with Gasteiger partial charge in [-0.3, -0.25) is 4.57 Å². The Kier molecular flexibility index (Phi) is 44.2. The molecule has 0 bridgehead atoms. The number of tetrazole rings is 1. The number of aryl methyl sites for hydroxylation is 1. The molecule has 5 aromatic carbocycles. The molecule has 6 N–H and O–H groups in total. The number of aromatic nitrogens is 23. The van der Waals surface area contributed by atoms with Gasteiger partial charge < -0.3 is 70.0 Å². The second-order valence-electron chi connectivity index (χ2n) is 33.8. The molecule has 11 aromatic heterocycles. The van der Waals surface area contributed by atoms with Crippen molar-refractivity contribution >= 4 is 145 Å². The summed E-state index contributed by atoms with van der Waals surface area (Å²) in [7, 11) is 5.52. The molecule has 0 radical (unpaired) electrons. The molecule has 1 aliphatic carbocycles. The first-order valence-electron chi connectivity index (χ1n) is 46.4. The molecule has 0 spiro atoms. The van der Waals surface area contributed by atoms with Gasteiger partial charge in [-0.25, -0.2) is 47.2 Å². The van der Waals surface area contributed by atoms with E-state index in [1.807, 2.05) is 178 Å². The van der Waals surface area contributed by atoms with Crippen LogP contribution in [-0.2, 0) is 7.05 Å². The first kappa shape index (κ1) is 113. The molecule has 1 saturated carbocycles. The molecule has 11 heterocycles. The fraction of sp³-hybridized carbons (Fsp3) is 0.323. The SMILES string of the molecule is CC(C)Nc1cc(OC(C)C)nc(Nc2ccc(F)cc2)n1.CC(C)Oc1cc(-n2ccnc2)nc(Nc2ccc(F)cc2)n1.CC(C)Oc1cc(Cl)nc(Sc2nncs2)n1.CC(C)Oc1cc(Cl)nc(Sc2nnnn2C)n1.CC(C)Oc1cc(N(C)C)nc(Nc2ccc(F)cc2)n1.CC(C)Oc1cc(NC2CCCC2)nc(Nc2ccc(F)cc2)n1.CC(C)Oc1cc(Sc2nccs2)nc(-c2ccccc2)n1. The maximum atomic E-state index is 13.0. The van der Waals surface area contributed by atoms with Crippen molar-refractivity contribution in [3.05, 3.63) is 239 Å². The van der Waals surface area contributed by atoms with Crippen molar-refractivity contribution in [3.63, 3.8) is 0 Å². The van der Waals surface area contributed by atoms with Crippen molar-refractivity contribution in [1.29, 1.82) is 0 Å². The van der Waals surface area contributed by atoms with E-state index in [0.29, 0.717) is 131 Å². The van der Waals surface area contributed by atoms with Gasteiger partial charge in [0, 0.05) is 128 Å². The van der Waals surface area contributed by atoms with Gasteiger partial charge in [0.2, 0.25) is 70.1 Å². The van der Waals surface area contributed by atoms with Crippen molar-refractivity contribution in [3.8, 4) is 58.4 Å². The Bertz CT molecular complexity index is 6630. The predicted octanol–water partition coefficient (Wildman–Crippen LogP) is 24.1. The lowest BCUT2D eigenvalue weighted by Crippen LogP contribution is -2.17. The van der Waals surface area contributed by atoms with Crippen LogP contribution in [0.15, 0.2) is 235 Å². The molecule has 147 heavy (non-hydrogen) atoms. The lowest BCUT2D eigenvalue weighted by atomic mass is 10.2. The zero-order valence-corrected chi connectivity index (χ0v) is 89.6. The number of nitrogens with one attached hydrogen (secondary N) is 6. The van der Waals surface area contributed by atoms with Gasteiger partial charge in [0.25, 0.3) is 0 Å². The van der Waals surface area contributed by atoms with Gasteiger partial charge in [-0.15, -0.1) is 26.6 Å². The number of imidazole rings is 1. The van der Waals surface area contributed by atoms with Crippen LogP contribution in [-0.4, -0.2) is 184 Å². The molecule has 48 heteroatoms. The van der Waals surface area contributed by atoms with E-state index >= 15 is 0 Å². The first-order valence-corrected chi connectivity index (χ1v) is 51.4. The Morgan fingerprint density at radius 1 is 0.429 bits per heavy atom. The highest BCUT2D eigenvalue weighted by atomic mass is 35.5. The maximum absolute atomic E-state index is 13.0. The van der Waals surface area contributed by atoms with Crippen LogP contribution in [0.3, 0.4) is 0 Å². The number of anilines is 11. The molecule has 1 fully saturated rings. The molecular weight excluding hydrogens is 2030 g/mol. The summed E-state index contributed by atoms with van der Waals surface area (Å²) in [4.78, 5) is 71.0. The van der Waals surface area contributed by atoms with E-state index in [9.17, 15) is 17.6 Å². The zero-order chi connectivity index (χ0) is 105. The summed E-state index contributed by atoms with van der Waals surface area (Å²) in [5.41, 5.74) is 5.45. The highest BCUT2D eigenvalue weighted by molar-refractivity contribution is 8.01. The molecule has 17 rings (SSSR count). The number of thiazole rings is 1. The van der Waals surface area contributed by atoms with E-state index in [4.69, 9.17) is 56.4 Å². The monoisotopic (exact) mass is 2140 g/mol. The van der Waals surface area contributed by atoms with Crippen LogP contribution < -0.4 is 70.0 Å². The third-order valence-electron chi connectivity index (χ3n) is 17.9. The van der Waals surface area contributed by atoms with Gasteiger partial charge in [-0.1, -0.05) is 77.7 Å². The van der Waals surface area contributed by atoms with E-state index in [2.05, 4.69) is 137 Å². The largest absolute Gasteiger partial charge is 0.475 e. The second kappa shape index (κ2) is 57.5. The van der Waals surface area contributed by atoms with Crippen LogP contribution in [0.4, 0.5) is 81.6 Å². The van der Waals surface area contributed by atoms with Crippen LogP contribution >= 0.6 is 81.2 Å². The first-order chi connectivity index (χ1) is 70.4. The van der Waals surface area contributed by atoms with Crippen LogP contribution in [0.5, 0.6) is 41.2 Å². The molecule has 774 valence electrons. The van der Waals surface area contributed by atoms with Crippen LogP contribution in [0.1, 0.15) is 136 Å². The third kappa shape index (κ3) is 41.3. The maximum Gasteiger partial charge on any atom is 0.232 e. The van der Waals surface area contributed by atoms with Crippen molar-refractivity contribution in [2.45, 2.75) is 220 Å². The van der Waals surface area contributed by atoms with Gasteiger partial charge in [0.15, 0.2) is 24.8 Å². The summed E-state index contributed by atoms with van der Waals surface area (Å²) in [5.74, 6) is 7.31. The number of halogens is 6. The van der Waals surface area contributed by atoms with E-state index < -0.39 is 0 Å². The fourth-order valence-corrected chi connectivity index (χ4v) is 16.2. The highest BCUT2D eigenvalue weighted by Gasteiger charge is 2.21. The fourth-order valence-electron chi connectivity index (χ4n) is 12.2. The minimum Gasteiger partial charge on any atom is -0.475 e. The second-order valence-corrected chi connectivity index (χ2v) is 39.8.